The third-order valence-corrected chi connectivity index (χ3v) is 9.48. The highest BCUT2D eigenvalue weighted by Gasteiger charge is 2.19. The molecule has 44 heavy (non-hydrogen) atoms. The molecule has 0 radical (unpaired) electrons. The van der Waals surface area contributed by atoms with E-state index in [-0.39, 0.29) is 5.56 Å². The third kappa shape index (κ3) is 5.08. The molecule has 7 nitrogen and oxygen atoms in total. The highest BCUT2D eigenvalue weighted by atomic mass is 79.9. The van der Waals surface area contributed by atoms with Crippen molar-refractivity contribution in [2.75, 3.05) is 7.11 Å². The molecule has 0 aliphatic carbocycles. The van der Waals surface area contributed by atoms with Crippen molar-refractivity contribution in [2.24, 2.45) is 5.10 Å². The monoisotopic (exact) mass is 707 g/mol. The largest absolute Gasteiger partial charge is 0.493 e. The van der Waals surface area contributed by atoms with Crippen molar-refractivity contribution in [3.8, 4) is 23.1 Å². The lowest BCUT2D eigenvalue weighted by Gasteiger charge is -2.16. The predicted molar refractivity (Wildman–Crippen MR) is 181 cm³/mol. The second-order valence-corrected chi connectivity index (χ2v) is 11.6. The maximum atomic E-state index is 13.7. The minimum Gasteiger partial charge on any atom is -0.493 e. The number of methoxy groups -OCH3 is 1. The van der Waals surface area contributed by atoms with E-state index >= 15 is 0 Å². The van der Waals surface area contributed by atoms with Gasteiger partial charge in [0, 0.05) is 15.4 Å². The van der Waals surface area contributed by atoms with Crippen LogP contribution in [0.15, 0.2) is 126 Å². The van der Waals surface area contributed by atoms with Crippen LogP contribution in [-0.2, 0) is 6.61 Å². The Morgan fingerprint density at radius 1 is 0.864 bits per heavy atom. The van der Waals surface area contributed by atoms with Gasteiger partial charge < -0.3 is 13.9 Å². The molecule has 0 saturated heterocycles. The number of halogens is 2. The van der Waals surface area contributed by atoms with E-state index in [0.29, 0.717) is 60.7 Å². The minimum absolute atomic E-state index is 0.290. The second-order valence-electron chi connectivity index (χ2n) is 10.0. The first kappa shape index (κ1) is 28.1. The maximum absolute atomic E-state index is 13.7. The van der Waals surface area contributed by atoms with Crippen LogP contribution in [0.25, 0.3) is 44.2 Å². The van der Waals surface area contributed by atoms with Gasteiger partial charge in [-0.25, -0.2) is 4.98 Å². The summed E-state index contributed by atoms with van der Waals surface area (Å²) < 4.78 is 20.7. The van der Waals surface area contributed by atoms with Crippen LogP contribution in [0, 0.1) is 0 Å². The lowest BCUT2D eigenvalue weighted by Crippen LogP contribution is -2.20. The molecule has 2 heterocycles. The van der Waals surface area contributed by atoms with Crippen LogP contribution in [0.3, 0.4) is 0 Å². The molecule has 0 bridgehead atoms. The van der Waals surface area contributed by atoms with E-state index in [9.17, 15) is 4.79 Å². The Morgan fingerprint density at radius 2 is 1.59 bits per heavy atom. The Hall–Kier alpha value is -4.73. The quantitative estimate of drug-likeness (QED) is 0.155. The van der Waals surface area contributed by atoms with E-state index in [2.05, 4.69) is 55.2 Å². The molecule has 0 unspecified atom stereocenters. The van der Waals surface area contributed by atoms with Gasteiger partial charge in [-0.2, -0.15) is 9.78 Å². The average Bonchev–Trinajstić information content (AvgIpc) is 3.50. The zero-order valence-corrected chi connectivity index (χ0v) is 26.5. The molecular formula is C35H23Br2N3O4. The summed E-state index contributed by atoms with van der Waals surface area (Å²) in [6, 6.07) is 32.8. The van der Waals surface area contributed by atoms with Gasteiger partial charge in [-0.05, 0) is 78.5 Å². The number of hydrogen-bond acceptors (Lipinski definition) is 6. The summed E-state index contributed by atoms with van der Waals surface area (Å²) in [4.78, 5) is 18.5. The lowest BCUT2D eigenvalue weighted by molar-refractivity contribution is 0.283. The normalized spacial score (nSPS) is 11.6. The average molecular weight is 709 g/mol. The fourth-order valence-corrected chi connectivity index (χ4v) is 6.09. The molecule has 0 aliphatic rings. The number of nitrogens with zero attached hydrogens (tertiary/aromatic N) is 3. The fourth-order valence-electron chi connectivity index (χ4n) is 5.16. The molecule has 216 valence electrons. The lowest BCUT2D eigenvalue weighted by atomic mass is 10.1. The Kier molecular flexibility index (Phi) is 7.49. The molecule has 7 rings (SSSR count). The van der Waals surface area contributed by atoms with Crippen LogP contribution in [0.2, 0.25) is 0 Å². The number of ether oxygens (including phenoxy) is 2. The van der Waals surface area contributed by atoms with Gasteiger partial charge in [0.1, 0.15) is 12.2 Å². The first-order valence-electron chi connectivity index (χ1n) is 13.7. The summed E-state index contributed by atoms with van der Waals surface area (Å²) in [7, 11) is 1.58. The van der Waals surface area contributed by atoms with Crippen molar-refractivity contribution in [3.05, 3.63) is 134 Å². The van der Waals surface area contributed by atoms with E-state index in [1.165, 1.54) is 4.68 Å². The van der Waals surface area contributed by atoms with Crippen LogP contribution in [0.5, 0.6) is 11.5 Å². The number of furan rings is 1. The van der Waals surface area contributed by atoms with Gasteiger partial charge in [0.15, 0.2) is 17.3 Å². The summed E-state index contributed by atoms with van der Waals surface area (Å²) in [6.07, 6.45) is 1.58. The van der Waals surface area contributed by atoms with Crippen LogP contribution in [0.4, 0.5) is 0 Å². The molecule has 9 heteroatoms. The maximum Gasteiger partial charge on any atom is 0.282 e. The van der Waals surface area contributed by atoms with Crippen molar-refractivity contribution >= 4 is 70.7 Å². The number of fused-ring (bicyclic) bond motifs is 3. The molecule has 0 N–H and O–H groups in total. The number of aromatic nitrogens is 2. The standard InChI is InChI=1S/C35H23Br2N3O4/c1-42-29-18-24(31(36)32(37)33(29)43-20-23-12-8-11-21-9-2-4-13-25(21)23)19-38-40-34(30-17-22-10-3-7-16-28(22)44-30)39-27-15-6-5-14-26(27)35(40)41/h2-19H,20H2,1H3. The molecule has 2 aromatic heterocycles. The molecule has 0 atom stereocenters. The first-order valence-corrected chi connectivity index (χ1v) is 15.3. The van der Waals surface area contributed by atoms with Crippen LogP contribution < -0.4 is 15.0 Å². The highest BCUT2D eigenvalue weighted by Crippen LogP contribution is 2.43. The zero-order valence-electron chi connectivity index (χ0n) is 23.3. The van der Waals surface area contributed by atoms with Gasteiger partial charge in [0.2, 0.25) is 5.82 Å². The van der Waals surface area contributed by atoms with Crippen molar-refractivity contribution in [1.82, 2.24) is 9.66 Å². The number of benzene rings is 5. The van der Waals surface area contributed by atoms with Gasteiger partial charge in [0.25, 0.3) is 5.56 Å². The predicted octanol–water partition coefficient (Wildman–Crippen LogP) is 8.96. The van der Waals surface area contributed by atoms with E-state index in [4.69, 9.17) is 18.9 Å². The van der Waals surface area contributed by atoms with Crippen LogP contribution in [-0.4, -0.2) is 23.0 Å². The Morgan fingerprint density at radius 3 is 2.41 bits per heavy atom. The molecule has 5 aromatic carbocycles. The number of para-hydroxylation sites is 2. The molecule has 0 aliphatic heterocycles. The third-order valence-electron chi connectivity index (χ3n) is 7.34. The summed E-state index contributed by atoms with van der Waals surface area (Å²) >= 11 is 7.36. The van der Waals surface area contributed by atoms with Gasteiger partial charge in [-0.15, -0.1) is 0 Å². The van der Waals surface area contributed by atoms with Crippen LogP contribution >= 0.6 is 31.9 Å². The van der Waals surface area contributed by atoms with Gasteiger partial charge in [-0.1, -0.05) is 72.8 Å². The first-order chi connectivity index (χ1) is 21.5. The van der Waals surface area contributed by atoms with Crippen molar-refractivity contribution in [3.63, 3.8) is 0 Å². The summed E-state index contributed by atoms with van der Waals surface area (Å²) in [5, 5.41) is 8.23. The van der Waals surface area contributed by atoms with E-state index in [1.807, 2.05) is 60.7 Å². The number of hydrogen-bond donors (Lipinski definition) is 0. The van der Waals surface area contributed by atoms with Crippen molar-refractivity contribution < 1.29 is 13.9 Å². The Balaban J connectivity index is 1.28. The topological polar surface area (TPSA) is 78.9 Å². The highest BCUT2D eigenvalue weighted by molar-refractivity contribution is 9.13. The van der Waals surface area contributed by atoms with E-state index in [1.54, 1.807) is 37.6 Å². The second kappa shape index (κ2) is 11.7. The van der Waals surface area contributed by atoms with Crippen molar-refractivity contribution in [1.29, 1.82) is 0 Å². The summed E-state index contributed by atoms with van der Waals surface area (Å²) in [5.41, 5.74) is 2.63. The van der Waals surface area contributed by atoms with Gasteiger partial charge >= 0.3 is 0 Å². The molecule has 0 saturated carbocycles. The summed E-state index contributed by atoms with van der Waals surface area (Å²) in [6.45, 7) is 0.342. The molecule has 0 amide bonds. The van der Waals surface area contributed by atoms with E-state index in [0.717, 1.165) is 21.7 Å². The van der Waals surface area contributed by atoms with Crippen LogP contribution in [0.1, 0.15) is 11.1 Å². The van der Waals surface area contributed by atoms with Gasteiger partial charge in [0.05, 0.1) is 28.7 Å². The van der Waals surface area contributed by atoms with E-state index < -0.39 is 0 Å². The Bertz CT molecular complexity index is 2250. The molecule has 0 spiro atoms. The smallest absolute Gasteiger partial charge is 0.282 e. The fraction of sp³-hybridized carbons (Fsp3) is 0.0571. The minimum atomic E-state index is -0.320. The zero-order chi connectivity index (χ0) is 30.2. The number of rotatable bonds is 7. The van der Waals surface area contributed by atoms with Gasteiger partial charge in [-0.3, -0.25) is 4.79 Å². The molecule has 7 aromatic rings. The SMILES string of the molecule is COc1cc(C=Nn2c(-c3cc4ccccc4o3)nc3ccccc3c2=O)c(Br)c(Br)c1OCc1cccc2ccccc12. The molecule has 0 fully saturated rings. The Labute approximate surface area is 268 Å². The summed E-state index contributed by atoms with van der Waals surface area (Å²) in [5.74, 6) is 1.76. The van der Waals surface area contributed by atoms with Crippen molar-refractivity contribution in [2.45, 2.75) is 6.61 Å². The molecular weight excluding hydrogens is 686 g/mol.